The summed E-state index contributed by atoms with van der Waals surface area (Å²) in [6.07, 6.45) is 2.95. The molecule has 0 radical (unpaired) electrons. The Morgan fingerprint density at radius 1 is 1.29 bits per heavy atom. The van der Waals surface area contributed by atoms with Gasteiger partial charge in [-0.05, 0) is 24.1 Å². The maximum absolute atomic E-state index is 12.6. The standard InChI is InChI=1S/C18H21N3O5S2/c1-4-26-18(23)16-17(27-12-19-16)20-28(24,25)11-14-8-6-5-7-13(14)9-10-15(22)21(2)3/h5-10,12,20H,4,11H2,1-3H3. The number of thiazole rings is 1. The van der Waals surface area contributed by atoms with Gasteiger partial charge in [-0.25, -0.2) is 18.2 Å². The molecule has 0 unspecified atom stereocenters. The van der Waals surface area contributed by atoms with Gasteiger partial charge in [0.25, 0.3) is 0 Å². The monoisotopic (exact) mass is 423 g/mol. The van der Waals surface area contributed by atoms with Crippen molar-refractivity contribution >= 4 is 44.3 Å². The lowest BCUT2D eigenvalue weighted by Crippen LogP contribution is -2.19. The molecule has 0 atom stereocenters. The van der Waals surface area contributed by atoms with Gasteiger partial charge < -0.3 is 9.64 Å². The van der Waals surface area contributed by atoms with Crippen LogP contribution in [0.1, 0.15) is 28.5 Å². The summed E-state index contributed by atoms with van der Waals surface area (Å²) in [6, 6.07) is 6.86. The number of hydrogen-bond donors (Lipinski definition) is 1. The van der Waals surface area contributed by atoms with E-state index in [0.717, 1.165) is 11.3 Å². The number of aromatic nitrogens is 1. The molecule has 0 aliphatic carbocycles. The number of likely N-dealkylation sites (N-methyl/N-ethyl adjacent to an activating group) is 1. The predicted octanol–water partition coefficient (Wildman–Crippen LogP) is 2.36. The molecule has 2 aromatic rings. The lowest BCUT2D eigenvalue weighted by molar-refractivity contribution is -0.123. The molecule has 1 aromatic carbocycles. The van der Waals surface area contributed by atoms with E-state index in [-0.39, 0.29) is 29.0 Å². The molecule has 1 amide bonds. The fraction of sp³-hybridized carbons (Fsp3) is 0.278. The van der Waals surface area contributed by atoms with E-state index in [2.05, 4.69) is 9.71 Å². The first-order chi connectivity index (χ1) is 13.2. The van der Waals surface area contributed by atoms with Crippen molar-refractivity contribution < 1.29 is 22.7 Å². The van der Waals surface area contributed by atoms with Crippen molar-refractivity contribution in [3.63, 3.8) is 0 Å². The Kier molecular flexibility index (Phi) is 7.30. The summed E-state index contributed by atoms with van der Waals surface area (Å²) in [5.41, 5.74) is 2.42. The van der Waals surface area contributed by atoms with E-state index in [1.165, 1.54) is 16.5 Å². The molecule has 10 heteroatoms. The highest BCUT2D eigenvalue weighted by Gasteiger charge is 2.21. The third kappa shape index (κ3) is 5.89. The van der Waals surface area contributed by atoms with Gasteiger partial charge in [0.1, 0.15) is 5.00 Å². The SMILES string of the molecule is CCOC(=O)c1ncsc1NS(=O)(=O)Cc1ccccc1C=CC(=O)N(C)C. The van der Waals surface area contributed by atoms with Gasteiger partial charge in [-0.15, -0.1) is 11.3 Å². The van der Waals surface area contributed by atoms with E-state index in [1.54, 1.807) is 51.4 Å². The molecule has 0 bridgehead atoms. The number of ether oxygens (including phenoxy) is 1. The largest absolute Gasteiger partial charge is 0.461 e. The van der Waals surface area contributed by atoms with Crippen molar-refractivity contribution in [1.82, 2.24) is 9.88 Å². The van der Waals surface area contributed by atoms with Gasteiger partial charge >= 0.3 is 5.97 Å². The average Bonchev–Trinajstić information content (AvgIpc) is 3.07. The van der Waals surface area contributed by atoms with Gasteiger partial charge in [0.15, 0.2) is 5.69 Å². The molecule has 8 nitrogen and oxygen atoms in total. The van der Waals surface area contributed by atoms with Crippen LogP contribution in [-0.2, 0) is 25.3 Å². The third-order valence-corrected chi connectivity index (χ3v) is 5.61. The van der Waals surface area contributed by atoms with E-state index in [0.29, 0.717) is 11.1 Å². The van der Waals surface area contributed by atoms with Crippen molar-refractivity contribution in [2.75, 3.05) is 25.4 Å². The Morgan fingerprint density at radius 3 is 2.68 bits per heavy atom. The molecule has 0 fully saturated rings. The molecule has 0 saturated carbocycles. The van der Waals surface area contributed by atoms with Crippen molar-refractivity contribution in [2.24, 2.45) is 0 Å². The summed E-state index contributed by atoms with van der Waals surface area (Å²) in [5, 5.41) is 0.106. The van der Waals surface area contributed by atoms with E-state index in [1.807, 2.05) is 0 Å². The Bertz CT molecular complexity index is 981. The first-order valence-electron chi connectivity index (χ1n) is 8.32. The van der Waals surface area contributed by atoms with Gasteiger partial charge in [-0.2, -0.15) is 0 Å². The fourth-order valence-electron chi connectivity index (χ4n) is 2.18. The van der Waals surface area contributed by atoms with Crippen LogP contribution in [0.2, 0.25) is 0 Å². The average molecular weight is 424 g/mol. The Balaban J connectivity index is 2.21. The van der Waals surface area contributed by atoms with Crippen LogP contribution in [0, 0.1) is 0 Å². The number of esters is 1. The molecule has 1 N–H and O–H groups in total. The van der Waals surface area contributed by atoms with Crippen LogP contribution in [0.5, 0.6) is 0 Å². The minimum Gasteiger partial charge on any atom is -0.461 e. The van der Waals surface area contributed by atoms with Crippen LogP contribution in [0.25, 0.3) is 6.08 Å². The maximum Gasteiger partial charge on any atom is 0.360 e. The summed E-state index contributed by atoms with van der Waals surface area (Å²) in [7, 11) is -0.566. The fourth-order valence-corrected chi connectivity index (χ4v) is 4.39. The maximum atomic E-state index is 12.6. The second kappa shape index (κ2) is 9.47. The Morgan fingerprint density at radius 2 is 2.00 bits per heavy atom. The van der Waals surface area contributed by atoms with Crippen LogP contribution < -0.4 is 4.72 Å². The molecule has 1 aromatic heterocycles. The zero-order chi connectivity index (χ0) is 20.7. The first-order valence-corrected chi connectivity index (χ1v) is 10.8. The lowest BCUT2D eigenvalue weighted by Gasteiger charge is -2.10. The number of sulfonamides is 1. The number of carbonyl (C=O) groups excluding carboxylic acids is 2. The van der Waals surface area contributed by atoms with Gasteiger partial charge in [0.2, 0.25) is 15.9 Å². The van der Waals surface area contributed by atoms with E-state index < -0.39 is 16.0 Å². The van der Waals surface area contributed by atoms with Gasteiger partial charge in [0.05, 0.1) is 17.9 Å². The summed E-state index contributed by atoms with van der Waals surface area (Å²) >= 11 is 0.996. The lowest BCUT2D eigenvalue weighted by atomic mass is 10.1. The van der Waals surface area contributed by atoms with Crippen LogP contribution >= 0.6 is 11.3 Å². The number of amides is 1. The second-order valence-corrected chi connectivity index (χ2v) is 8.45. The molecule has 28 heavy (non-hydrogen) atoms. The molecule has 1 heterocycles. The van der Waals surface area contributed by atoms with Crippen LogP contribution in [0.4, 0.5) is 5.00 Å². The van der Waals surface area contributed by atoms with Crippen molar-refractivity contribution in [1.29, 1.82) is 0 Å². The molecule has 0 aliphatic rings. The van der Waals surface area contributed by atoms with E-state index in [9.17, 15) is 18.0 Å². The molecule has 0 aliphatic heterocycles. The normalized spacial score (nSPS) is 11.4. The van der Waals surface area contributed by atoms with Gasteiger partial charge in [-0.3, -0.25) is 9.52 Å². The highest BCUT2D eigenvalue weighted by atomic mass is 32.2. The molecule has 0 spiro atoms. The number of nitrogens with one attached hydrogen (secondary N) is 1. The third-order valence-electron chi connectivity index (χ3n) is 3.53. The van der Waals surface area contributed by atoms with Gasteiger partial charge in [-0.1, -0.05) is 24.3 Å². The second-order valence-electron chi connectivity index (χ2n) is 5.88. The number of carbonyl (C=O) groups is 2. The van der Waals surface area contributed by atoms with Crippen LogP contribution in [0.3, 0.4) is 0 Å². The van der Waals surface area contributed by atoms with Gasteiger partial charge in [0, 0.05) is 20.2 Å². The summed E-state index contributed by atoms with van der Waals surface area (Å²) in [5.74, 6) is -1.23. The van der Waals surface area contributed by atoms with Crippen molar-refractivity contribution in [3.05, 3.63) is 52.7 Å². The highest BCUT2D eigenvalue weighted by molar-refractivity contribution is 7.92. The highest BCUT2D eigenvalue weighted by Crippen LogP contribution is 2.24. The molecular weight excluding hydrogens is 402 g/mol. The molecular formula is C18H21N3O5S2. The molecule has 150 valence electrons. The molecule has 0 saturated heterocycles. The molecule has 2 rings (SSSR count). The van der Waals surface area contributed by atoms with Crippen LogP contribution in [0.15, 0.2) is 35.9 Å². The zero-order valence-corrected chi connectivity index (χ0v) is 17.3. The first kappa shape index (κ1) is 21.6. The summed E-state index contributed by atoms with van der Waals surface area (Å²) in [4.78, 5) is 28.9. The Labute approximate surface area is 167 Å². The predicted molar refractivity (Wildman–Crippen MR) is 108 cm³/mol. The number of rotatable bonds is 8. The number of benzene rings is 1. The number of nitrogens with zero attached hydrogens (tertiary/aromatic N) is 2. The minimum atomic E-state index is -3.82. The zero-order valence-electron chi connectivity index (χ0n) is 15.7. The summed E-state index contributed by atoms with van der Waals surface area (Å²) in [6.45, 7) is 1.81. The quantitative estimate of drug-likeness (QED) is 0.516. The minimum absolute atomic E-state index is 0.0693. The van der Waals surface area contributed by atoms with Crippen LogP contribution in [-0.4, -0.2) is 50.9 Å². The van der Waals surface area contributed by atoms with E-state index in [4.69, 9.17) is 4.74 Å². The Hall–Kier alpha value is -2.72. The van der Waals surface area contributed by atoms with E-state index >= 15 is 0 Å². The van der Waals surface area contributed by atoms with Crippen molar-refractivity contribution in [2.45, 2.75) is 12.7 Å². The number of hydrogen-bond acceptors (Lipinski definition) is 7. The summed E-state index contributed by atoms with van der Waals surface area (Å²) < 4.78 is 32.5. The topological polar surface area (TPSA) is 106 Å². The number of anilines is 1. The smallest absolute Gasteiger partial charge is 0.360 e. The van der Waals surface area contributed by atoms with Crippen molar-refractivity contribution in [3.8, 4) is 0 Å².